The van der Waals surface area contributed by atoms with Crippen molar-refractivity contribution in [1.29, 1.82) is 0 Å². The summed E-state index contributed by atoms with van der Waals surface area (Å²) in [6.07, 6.45) is 0. The van der Waals surface area contributed by atoms with Crippen molar-refractivity contribution in [2.45, 2.75) is 39.0 Å². The van der Waals surface area contributed by atoms with Crippen molar-refractivity contribution >= 4 is 13.2 Å². The molecule has 2 N–H and O–H groups in total. The molecule has 0 unspecified atom stereocenters. The summed E-state index contributed by atoms with van der Waals surface area (Å²) in [4.78, 5) is 0. The second kappa shape index (κ2) is 5.54. The molecule has 0 aliphatic rings. The number of methoxy groups -OCH3 is 1. The first kappa shape index (κ1) is 13.3. The van der Waals surface area contributed by atoms with Crippen molar-refractivity contribution in [2.75, 3.05) is 7.11 Å². The lowest BCUT2D eigenvalue weighted by molar-refractivity contribution is 0.413. The summed E-state index contributed by atoms with van der Waals surface area (Å²) in [6, 6.07) is 5.74. The number of rotatable bonds is 4. The summed E-state index contributed by atoms with van der Waals surface area (Å²) in [7, 11) is 1.39. The van der Waals surface area contributed by atoms with Gasteiger partial charge in [0.2, 0.25) is 0 Å². The Morgan fingerprint density at radius 3 is 2.12 bits per heavy atom. The Kier molecular flexibility index (Phi) is 4.61. The van der Waals surface area contributed by atoms with Crippen LogP contribution >= 0.6 is 7.92 Å². The molecule has 0 amide bonds. The summed E-state index contributed by atoms with van der Waals surface area (Å²) >= 11 is 0. The van der Waals surface area contributed by atoms with Crippen molar-refractivity contribution in [3.8, 4) is 11.5 Å². The number of benzene rings is 1. The van der Waals surface area contributed by atoms with Gasteiger partial charge >= 0.3 is 0 Å². The van der Waals surface area contributed by atoms with E-state index in [9.17, 15) is 0 Å². The lowest BCUT2D eigenvalue weighted by atomic mass is 10.3. The maximum atomic E-state index is 8.02. The summed E-state index contributed by atoms with van der Waals surface area (Å²) in [6.45, 7) is 8.96. The monoisotopic (exact) mass is 241 g/mol. The van der Waals surface area contributed by atoms with Gasteiger partial charge in [0.25, 0.3) is 5.75 Å². The molecule has 0 atom stereocenters. The molecule has 0 heterocycles. The zero-order chi connectivity index (χ0) is 12.3. The van der Waals surface area contributed by atoms with Gasteiger partial charge in [0.05, 0.1) is 12.4 Å². The Hall–Kier alpha value is -0.750. The van der Waals surface area contributed by atoms with Crippen molar-refractivity contribution < 1.29 is 9.84 Å². The first-order valence-corrected chi connectivity index (χ1v) is 7.13. The van der Waals surface area contributed by atoms with E-state index in [1.807, 2.05) is 18.2 Å². The Bertz CT molecular complexity index is 340. The summed E-state index contributed by atoms with van der Waals surface area (Å²) < 4.78 is 5.25. The van der Waals surface area contributed by atoms with Gasteiger partial charge in [0, 0.05) is 6.07 Å². The van der Waals surface area contributed by atoms with Crippen molar-refractivity contribution in [2.24, 2.45) is 0 Å². The normalized spacial score (nSPS) is 11.5. The molecule has 0 fully saturated rings. The predicted octanol–water partition coefficient (Wildman–Crippen LogP) is 3.06. The zero-order valence-electron chi connectivity index (χ0n) is 10.7. The molecule has 2 nitrogen and oxygen atoms in total. The van der Waals surface area contributed by atoms with Crippen molar-refractivity contribution in [1.82, 2.24) is 0 Å². The quantitative estimate of drug-likeness (QED) is 0.589. The van der Waals surface area contributed by atoms with E-state index in [1.165, 1.54) is 5.30 Å². The molecule has 0 aromatic heterocycles. The van der Waals surface area contributed by atoms with E-state index >= 15 is 0 Å². The minimum atomic E-state index is -0.284. The van der Waals surface area contributed by atoms with Crippen LogP contribution in [0.5, 0.6) is 11.5 Å². The van der Waals surface area contributed by atoms with E-state index in [0.717, 1.165) is 5.75 Å². The zero-order valence-corrected chi connectivity index (χ0v) is 11.6. The molecule has 0 bridgehead atoms. The van der Waals surface area contributed by atoms with Crippen LogP contribution in [-0.2, 0) is 0 Å². The molecular weight excluding hydrogens is 219 g/mol. The highest BCUT2D eigenvalue weighted by molar-refractivity contribution is 7.67. The van der Waals surface area contributed by atoms with E-state index < -0.39 is 0 Å². The van der Waals surface area contributed by atoms with Gasteiger partial charge in [-0.2, -0.15) is 0 Å². The molecule has 1 rings (SSSR count). The van der Waals surface area contributed by atoms with Crippen LogP contribution in [0.4, 0.5) is 0 Å². The molecule has 0 radical (unpaired) electrons. The molecule has 90 valence electrons. The highest BCUT2D eigenvalue weighted by Crippen LogP contribution is 2.47. The third kappa shape index (κ3) is 2.89. The SMILES string of the molecule is COc1ccc([OH2+])c(P(C(C)C)C(C)C)c1. The molecule has 1 aromatic carbocycles. The maximum absolute atomic E-state index is 8.02. The van der Waals surface area contributed by atoms with Crippen molar-refractivity contribution in [3.63, 3.8) is 0 Å². The molecule has 0 saturated carbocycles. The second-order valence-electron chi connectivity index (χ2n) is 4.48. The highest BCUT2D eigenvalue weighted by Gasteiger charge is 2.24. The Morgan fingerprint density at radius 1 is 1.12 bits per heavy atom. The Morgan fingerprint density at radius 2 is 1.69 bits per heavy atom. The minimum absolute atomic E-state index is 0.284. The first-order valence-electron chi connectivity index (χ1n) is 5.65. The summed E-state index contributed by atoms with van der Waals surface area (Å²) in [5.41, 5.74) is 1.21. The van der Waals surface area contributed by atoms with Gasteiger partial charge in [-0.1, -0.05) is 35.6 Å². The van der Waals surface area contributed by atoms with Crippen LogP contribution in [0.1, 0.15) is 27.7 Å². The number of ether oxygens (including phenoxy) is 1. The first-order chi connectivity index (χ1) is 7.47. The standard InChI is InChI=1S/C13H21O2P/c1-9(2)16(10(3)4)13-8-11(15-5)6-7-12(13)14/h6-10,14H,1-5H3/p+1. The topological polar surface area (TPSA) is 32.1 Å². The van der Waals surface area contributed by atoms with Crippen LogP contribution in [0, 0.1) is 0 Å². The molecule has 3 heteroatoms. The van der Waals surface area contributed by atoms with Crippen LogP contribution in [0.2, 0.25) is 0 Å². The summed E-state index contributed by atoms with van der Waals surface area (Å²) in [5.74, 6) is 1.51. The highest BCUT2D eigenvalue weighted by atomic mass is 31.1. The maximum Gasteiger partial charge on any atom is 0.261 e. The average Bonchev–Trinajstić information content (AvgIpc) is 2.20. The third-order valence-electron chi connectivity index (χ3n) is 2.60. The van der Waals surface area contributed by atoms with Gasteiger partial charge in [-0.15, -0.1) is 0 Å². The lowest BCUT2D eigenvalue weighted by Crippen LogP contribution is -2.15. The largest absolute Gasteiger partial charge is 0.593 e. The Labute approximate surface area is 99.4 Å². The average molecular weight is 241 g/mol. The van der Waals surface area contributed by atoms with E-state index in [4.69, 9.17) is 9.84 Å². The fourth-order valence-corrected chi connectivity index (χ4v) is 4.94. The molecule has 16 heavy (non-hydrogen) atoms. The van der Waals surface area contributed by atoms with Crippen molar-refractivity contribution in [3.05, 3.63) is 18.2 Å². The number of hydrogen-bond acceptors (Lipinski definition) is 1. The van der Waals surface area contributed by atoms with Gasteiger partial charge in [-0.25, -0.2) is 0 Å². The van der Waals surface area contributed by atoms with Gasteiger partial charge in [-0.05, 0) is 23.5 Å². The smallest absolute Gasteiger partial charge is 0.261 e. The van der Waals surface area contributed by atoms with Gasteiger partial charge < -0.3 is 9.84 Å². The molecule has 0 aliphatic carbocycles. The second-order valence-corrected chi connectivity index (χ2v) is 7.84. The van der Waals surface area contributed by atoms with E-state index in [1.54, 1.807) is 7.11 Å². The molecule has 0 aliphatic heterocycles. The van der Waals surface area contributed by atoms with E-state index in [0.29, 0.717) is 17.1 Å². The molecular formula is C13H22O2P+. The lowest BCUT2D eigenvalue weighted by Gasteiger charge is -2.25. The third-order valence-corrected chi connectivity index (χ3v) is 5.75. The van der Waals surface area contributed by atoms with Crippen LogP contribution in [0.25, 0.3) is 0 Å². The fraction of sp³-hybridized carbons (Fsp3) is 0.538. The van der Waals surface area contributed by atoms with Gasteiger partial charge in [0.15, 0.2) is 0 Å². The summed E-state index contributed by atoms with van der Waals surface area (Å²) in [5, 5.41) is 9.19. The van der Waals surface area contributed by atoms with Crippen LogP contribution in [0.15, 0.2) is 18.2 Å². The molecule has 0 spiro atoms. The Balaban J connectivity index is 3.17. The van der Waals surface area contributed by atoms with E-state index in [2.05, 4.69) is 27.7 Å². The molecule has 0 saturated heterocycles. The van der Waals surface area contributed by atoms with Crippen LogP contribution in [0.3, 0.4) is 0 Å². The minimum Gasteiger partial charge on any atom is -0.593 e. The van der Waals surface area contributed by atoms with Gasteiger partial charge in [-0.3, -0.25) is 0 Å². The van der Waals surface area contributed by atoms with E-state index in [-0.39, 0.29) is 7.92 Å². The van der Waals surface area contributed by atoms with Crippen LogP contribution < -0.4 is 10.0 Å². The van der Waals surface area contributed by atoms with Gasteiger partial charge in [0.1, 0.15) is 5.75 Å². The molecule has 1 aromatic rings. The predicted molar refractivity (Wildman–Crippen MR) is 72.9 cm³/mol. The van der Waals surface area contributed by atoms with Crippen LogP contribution in [-0.4, -0.2) is 23.5 Å². The fourth-order valence-electron chi connectivity index (χ4n) is 2.00. The number of hydrogen-bond donors (Lipinski definition) is 0.